The maximum Gasteiger partial charge on any atom is 0.112 e. The quantitative estimate of drug-likeness (QED) is 0.594. The summed E-state index contributed by atoms with van der Waals surface area (Å²) in [5.41, 5.74) is 0.900. The summed E-state index contributed by atoms with van der Waals surface area (Å²) in [5, 5.41) is 0. The highest BCUT2D eigenvalue weighted by Crippen LogP contribution is 2.17. The highest BCUT2D eigenvalue weighted by molar-refractivity contribution is 5.74. The second-order valence-corrected chi connectivity index (χ2v) is 2.26. The van der Waals surface area contributed by atoms with Crippen molar-refractivity contribution in [2.24, 2.45) is 4.99 Å². The molecule has 0 saturated heterocycles. The molecule has 0 amide bonds. The van der Waals surface area contributed by atoms with Gasteiger partial charge in [0.1, 0.15) is 6.04 Å². The summed E-state index contributed by atoms with van der Waals surface area (Å²) in [6, 6.07) is 0.0868. The largest absolute Gasteiger partial charge is 0.279 e. The van der Waals surface area contributed by atoms with Gasteiger partial charge in [-0.2, -0.15) is 0 Å². The second kappa shape index (κ2) is 2.62. The fraction of sp³-hybridized carbons (Fsp3) is 0.125. The van der Waals surface area contributed by atoms with Gasteiger partial charge in [0.2, 0.25) is 0 Å². The fourth-order valence-corrected chi connectivity index (χ4v) is 0.985. The summed E-state index contributed by atoms with van der Waals surface area (Å²) in [6.45, 7) is 0. The van der Waals surface area contributed by atoms with E-state index in [1.54, 1.807) is 24.8 Å². The van der Waals surface area contributed by atoms with Gasteiger partial charge in [-0.3, -0.25) is 15.0 Å². The smallest absolute Gasteiger partial charge is 0.112 e. The fourth-order valence-electron chi connectivity index (χ4n) is 0.985. The molecule has 3 heteroatoms. The maximum atomic E-state index is 4.17. The molecule has 0 aromatic carbocycles. The Morgan fingerprint density at radius 3 is 2.91 bits per heavy atom. The zero-order valence-electron chi connectivity index (χ0n) is 5.88. The van der Waals surface area contributed by atoms with E-state index in [1.807, 2.05) is 12.2 Å². The normalized spacial score (nSPS) is 20.9. The average molecular weight is 145 g/mol. The predicted molar refractivity (Wildman–Crippen MR) is 42.4 cm³/mol. The van der Waals surface area contributed by atoms with Crippen LogP contribution in [0.2, 0.25) is 0 Å². The van der Waals surface area contributed by atoms with Crippen LogP contribution < -0.4 is 0 Å². The summed E-state index contributed by atoms with van der Waals surface area (Å²) in [5.74, 6) is 0. The Kier molecular flexibility index (Phi) is 1.48. The van der Waals surface area contributed by atoms with Gasteiger partial charge in [0.25, 0.3) is 0 Å². The molecular weight excluding hydrogens is 138 g/mol. The van der Waals surface area contributed by atoms with Crippen molar-refractivity contribution in [3.05, 3.63) is 36.4 Å². The zero-order chi connectivity index (χ0) is 7.52. The highest BCUT2D eigenvalue weighted by Gasteiger charge is 2.08. The molecule has 54 valence electrons. The minimum Gasteiger partial charge on any atom is -0.279 e. The molecule has 1 atom stereocenters. The average Bonchev–Trinajstić information content (AvgIpc) is 2.58. The minimum atomic E-state index is 0.0868. The Hall–Kier alpha value is -1.51. The molecule has 0 spiro atoms. The van der Waals surface area contributed by atoms with E-state index in [0.717, 1.165) is 5.69 Å². The third kappa shape index (κ3) is 1.17. The first-order valence-electron chi connectivity index (χ1n) is 3.43. The summed E-state index contributed by atoms with van der Waals surface area (Å²) >= 11 is 0. The number of rotatable bonds is 1. The first kappa shape index (κ1) is 6.22. The molecule has 0 radical (unpaired) electrons. The Morgan fingerprint density at radius 1 is 1.27 bits per heavy atom. The van der Waals surface area contributed by atoms with Crippen LogP contribution in [-0.4, -0.2) is 16.2 Å². The van der Waals surface area contributed by atoms with E-state index in [0.29, 0.717) is 0 Å². The topological polar surface area (TPSA) is 38.1 Å². The zero-order valence-corrected chi connectivity index (χ0v) is 5.88. The van der Waals surface area contributed by atoms with Crippen LogP contribution in [0.25, 0.3) is 0 Å². The summed E-state index contributed by atoms with van der Waals surface area (Å²) < 4.78 is 0. The monoisotopic (exact) mass is 145 g/mol. The van der Waals surface area contributed by atoms with Gasteiger partial charge in [-0.05, 0) is 6.08 Å². The van der Waals surface area contributed by atoms with Crippen molar-refractivity contribution in [3.63, 3.8) is 0 Å². The molecule has 2 heterocycles. The summed E-state index contributed by atoms with van der Waals surface area (Å²) in [6.07, 6.45) is 10.8. The second-order valence-electron chi connectivity index (χ2n) is 2.26. The van der Waals surface area contributed by atoms with Crippen LogP contribution in [-0.2, 0) is 0 Å². The first-order valence-corrected chi connectivity index (χ1v) is 3.43. The van der Waals surface area contributed by atoms with Crippen LogP contribution in [0.15, 0.2) is 35.7 Å². The lowest BCUT2D eigenvalue weighted by molar-refractivity contribution is 0.866. The van der Waals surface area contributed by atoms with Crippen molar-refractivity contribution in [1.29, 1.82) is 0 Å². The van der Waals surface area contributed by atoms with Gasteiger partial charge >= 0.3 is 0 Å². The van der Waals surface area contributed by atoms with E-state index in [-0.39, 0.29) is 6.04 Å². The SMILES string of the molecule is C1=CC(c2cnccn2)N=C1. The highest BCUT2D eigenvalue weighted by atomic mass is 14.9. The van der Waals surface area contributed by atoms with Crippen molar-refractivity contribution in [2.75, 3.05) is 0 Å². The molecule has 0 saturated carbocycles. The Balaban J connectivity index is 2.30. The standard InChI is InChI=1S/C8H7N3/c1-2-7(10-3-1)8-6-9-4-5-11-8/h1-7H. The van der Waals surface area contributed by atoms with Gasteiger partial charge in [0, 0.05) is 18.6 Å². The Morgan fingerprint density at radius 2 is 2.27 bits per heavy atom. The molecule has 11 heavy (non-hydrogen) atoms. The molecular formula is C8H7N3. The van der Waals surface area contributed by atoms with E-state index in [4.69, 9.17) is 0 Å². The molecule has 1 aromatic heterocycles. The molecule has 0 bridgehead atoms. The van der Waals surface area contributed by atoms with Crippen molar-refractivity contribution in [1.82, 2.24) is 9.97 Å². The van der Waals surface area contributed by atoms with Crippen molar-refractivity contribution < 1.29 is 0 Å². The molecule has 0 aliphatic carbocycles. The molecule has 1 unspecified atom stereocenters. The van der Waals surface area contributed by atoms with Gasteiger partial charge < -0.3 is 0 Å². The van der Waals surface area contributed by atoms with Gasteiger partial charge in [-0.25, -0.2) is 0 Å². The van der Waals surface area contributed by atoms with Gasteiger partial charge in [-0.15, -0.1) is 0 Å². The van der Waals surface area contributed by atoms with Crippen LogP contribution in [0.1, 0.15) is 11.7 Å². The molecule has 1 aromatic rings. The number of hydrogen-bond acceptors (Lipinski definition) is 3. The molecule has 3 nitrogen and oxygen atoms in total. The third-order valence-electron chi connectivity index (χ3n) is 1.51. The van der Waals surface area contributed by atoms with Crippen molar-refractivity contribution >= 4 is 6.21 Å². The van der Waals surface area contributed by atoms with E-state index in [9.17, 15) is 0 Å². The molecule has 2 rings (SSSR count). The molecule has 1 aliphatic rings. The van der Waals surface area contributed by atoms with Crippen LogP contribution in [0.4, 0.5) is 0 Å². The maximum absolute atomic E-state index is 4.17. The van der Waals surface area contributed by atoms with E-state index < -0.39 is 0 Å². The van der Waals surface area contributed by atoms with Crippen LogP contribution >= 0.6 is 0 Å². The predicted octanol–water partition coefficient (Wildman–Crippen LogP) is 1.16. The number of hydrogen-bond donors (Lipinski definition) is 0. The summed E-state index contributed by atoms with van der Waals surface area (Å²) in [7, 11) is 0. The van der Waals surface area contributed by atoms with Crippen molar-refractivity contribution in [2.45, 2.75) is 6.04 Å². The summed E-state index contributed by atoms with van der Waals surface area (Å²) in [4.78, 5) is 12.3. The lowest BCUT2D eigenvalue weighted by atomic mass is 10.2. The van der Waals surface area contributed by atoms with Crippen molar-refractivity contribution in [3.8, 4) is 0 Å². The molecule has 0 fully saturated rings. The van der Waals surface area contributed by atoms with Gasteiger partial charge in [-0.1, -0.05) is 6.08 Å². The van der Waals surface area contributed by atoms with Crippen LogP contribution in [0, 0.1) is 0 Å². The van der Waals surface area contributed by atoms with Crippen LogP contribution in [0.3, 0.4) is 0 Å². The van der Waals surface area contributed by atoms with Gasteiger partial charge in [0.15, 0.2) is 0 Å². The lowest BCUT2D eigenvalue weighted by Crippen LogP contribution is -1.92. The Labute approximate surface area is 64.5 Å². The van der Waals surface area contributed by atoms with Gasteiger partial charge in [0.05, 0.1) is 11.9 Å². The van der Waals surface area contributed by atoms with E-state index in [1.165, 1.54) is 0 Å². The molecule has 1 aliphatic heterocycles. The lowest BCUT2D eigenvalue weighted by Gasteiger charge is -2.00. The first-order chi connectivity index (χ1) is 5.47. The Bertz CT molecular complexity index is 277. The number of aromatic nitrogens is 2. The number of allylic oxidation sites excluding steroid dienone is 1. The van der Waals surface area contributed by atoms with E-state index in [2.05, 4.69) is 15.0 Å². The molecule has 0 N–H and O–H groups in total. The minimum absolute atomic E-state index is 0.0868. The number of nitrogens with zero attached hydrogens (tertiary/aromatic N) is 3. The third-order valence-corrected chi connectivity index (χ3v) is 1.51. The number of aliphatic imine (C=N–C) groups is 1. The van der Waals surface area contributed by atoms with E-state index >= 15 is 0 Å². The van der Waals surface area contributed by atoms with Crippen LogP contribution in [0.5, 0.6) is 0 Å².